The molecule has 1 fully saturated rings. The van der Waals surface area contributed by atoms with E-state index in [1.807, 2.05) is 53.2 Å². The maximum absolute atomic E-state index is 13.0. The summed E-state index contributed by atoms with van der Waals surface area (Å²) in [4.78, 5) is 25.0. The number of para-hydroxylation sites is 1. The molecule has 6 heteroatoms. The second-order valence-electron chi connectivity index (χ2n) is 7.67. The van der Waals surface area contributed by atoms with Gasteiger partial charge in [0.05, 0.1) is 5.69 Å². The third kappa shape index (κ3) is 3.53. The Bertz CT molecular complexity index is 1080. The lowest BCUT2D eigenvalue weighted by molar-refractivity contribution is -0.117. The minimum atomic E-state index is -0.219. The Hall–Kier alpha value is -3.41. The van der Waals surface area contributed by atoms with Crippen LogP contribution in [0.15, 0.2) is 54.6 Å². The summed E-state index contributed by atoms with van der Waals surface area (Å²) in [5, 5.41) is 10.5. The van der Waals surface area contributed by atoms with E-state index in [1.165, 1.54) is 0 Å². The summed E-state index contributed by atoms with van der Waals surface area (Å²) in [5.74, 6) is -0.0332. The largest absolute Gasteiger partial charge is 0.326 e. The van der Waals surface area contributed by atoms with E-state index >= 15 is 0 Å². The molecule has 0 saturated heterocycles. The first-order valence-electron chi connectivity index (χ1n) is 10.1. The molecule has 5 rings (SSSR count). The molecule has 3 aromatic rings. The summed E-state index contributed by atoms with van der Waals surface area (Å²) in [7, 11) is 0. The van der Waals surface area contributed by atoms with Crippen LogP contribution >= 0.6 is 0 Å². The van der Waals surface area contributed by atoms with Crippen LogP contribution in [-0.2, 0) is 17.6 Å². The smallest absolute Gasteiger partial charge is 0.276 e. The lowest BCUT2D eigenvalue weighted by Crippen LogP contribution is -2.16. The maximum atomic E-state index is 13.0. The van der Waals surface area contributed by atoms with Crippen molar-refractivity contribution in [2.24, 2.45) is 5.92 Å². The molecule has 0 atom stereocenters. The van der Waals surface area contributed by atoms with Gasteiger partial charge in [0.2, 0.25) is 5.91 Å². The van der Waals surface area contributed by atoms with Crippen LogP contribution in [0.5, 0.6) is 0 Å². The Kier molecular flexibility index (Phi) is 4.39. The molecule has 146 valence electrons. The minimum absolute atomic E-state index is 0.0490. The molecule has 29 heavy (non-hydrogen) atoms. The molecule has 0 spiro atoms. The number of benzene rings is 2. The summed E-state index contributed by atoms with van der Waals surface area (Å²) in [6.45, 7) is 0. The predicted molar refractivity (Wildman–Crippen MR) is 111 cm³/mol. The minimum Gasteiger partial charge on any atom is -0.326 e. The van der Waals surface area contributed by atoms with Gasteiger partial charge in [0.25, 0.3) is 5.91 Å². The van der Waals surface area contributed by atoms with Gasteiger partial charge in [-0.15, -0.1) is 0 Å². The highest BCUT2D eigenvalue weighted by molar-refractivity contribution is 6.04. The summed E-state index contributed by atoms with van der Waals surface area (Å²) >= 11 is 0. The summed E-state index contributed by atoms with van der Waals surface area (Å²) in [6, 6.07) is 17.2. The van der Waals surface area contributed by atoms with Crippen molar-refractivity contribution in [1.29, 1.82) is 0 Å². The van der Waals surface area contributed by atoms with Crippen molar-refractivity contribution in [2.75, 3.05) is 10.6 Å². The zero-order chi connectivity index (χ0) is 19.8. The van der Waals surface area contributed by atoms with Crippen LogP contribution in [0, 0.1) is 5.92 Å². The van der Waals surface area contributed by atoms with Crippen LogP contribution < -0.4 is 10.6 Å². The van der Waals surface area contributed by atoms with Gasteiger partial charge in [-0.2, -0.15) is 5.10 Å². The van der Waals surface area contributed by atoms with Crippen LogP contribution in [0.2, 0.25) is 0 Å². The van der Waals surface area contributed by atoms with Crippen LogP contribution in [0.4, 0.5) is 11.4 Å². The van der Waals surface area contributed by atoms with Gasteiger partial charge in [0.1, 0.15) is 0 Å². The second-order valence-corrected chi connectivity index (χ2v) is 7.67. The number of amides is 2. The van der Waals surface area contributed by atoms with Gasteiger partial charge >= 0.3 is 0 Å². The molecule has 2 amide bonds. The Morgan fingerprint density at radius 1 is 0.931 bits per heavy atom. The average molecular weight is 386 g/mol. The Morgan fingerprint density at radius 2 is 1.69 bits per heavy atom. The number of fused-ring (bicyclic) bond motifs is 1. The van der Waals surface area contributed by atoms with Crippen molar-refractivity contribution in [3.63, 3.8) is 0 Å². The maximum Gasteiger partial charge on any atom is 0.276 e. The summed E-state index contributed by atoms with van der Waals surface area (Å²) in [5.41, 5.74) is 4.93. The van der Waals surface area contributed by atoms with Crippen molar-refractivity contribution in [3.8, 4) is 5.69 Å². The standard InChI is InChI=1S/C23H22N4O2/c28-22(15-12-13-15)24-16-6-4-7-17(14-16)25-23(29)21-19-10-5-11-20(19)27(26-21)18-8-2-1-3-9-18/h1-4,6-9,14-15H,5,10-13H2,(H,24,28)(H,25,29). The molecule has 1 aromatic heterocycles. The molecule has 0 radical (unpaired) electrons. The number of rotatable bonds is 5. The van der Waals surface area contributed by atoms with Crippen molar-refractivity contribution in [2.45, 2.75) is 32.1 Å². The van der Waals surface area contributed by atoms with Crippen molar-refractivity contribution >= 4 is 23.2 Å². The van der Waals surface area contributed by atoms with Gasteiger partial charge in [-0.1, -0.05) is 24.3 Å². The third-order valence-electron chi connectivity index (χ3n) is 5.48. The number of hydrogen-bond donors (Lipinski definition) is 2. The van der Waals surface area contributed by atoms with Crippen molar-refractivity contribution in [1.82, 2.24) is 9.78 Å². The van der Waals surface area contributed by atoms with E-state index in [0.717, 1.165) is 49.0 Å². The number of aromatic nitrogens is 2. The van der Waals surface area contributed by atoms with E-state index in [2.05, 4.69) is 15.7 Å². The highest BCUT2D eigenvalue weighted by atomic mass is 16.2. The number of hydrogen-bond acceptors (Lipinski definition) is 3. The molecule has 0 unspecified atom stereocenters. The van der Waals surface area contributed by atoms with Gasteiger partial charge < -0.3 is 10.6 Å². The molecule has 2 aliphatic rings. The Labute approximate surface area is 168 Å². The van der Waals surface area contributed by atoms with Crippen LogP contribution in [0.1, 0.15) is 41.0 Å². The molecule has 0 bridgehead atoms. The Balaban J connectivity index is 1.38. The number of nitrogens with zero attached hydrogens (tertiary/aromatic N) is 2. The molecule has 1 heterocycles. The zero-order valence-electron chi connectivity index (χ0n) is 16.0. The Morgan fingerprint density at radius 3 is 2.45 bits per heavy atom. The molecule has 2 aliphatic carbocycles. The van der Waals surface area contributed by atoms with E-state index in [9.17, 15) is 9.59 Å². The number of anilines is 2. The predicted octanol–water partition coefficient (Wildman–Crippen LogP) is 3.96. The fourth-order valence-electron chi connectivity index (χ4n) is 3.86. The molecule has 2 aromatic carbocycles. The zero-order valence-corrected chi connectivity index (χ0v) is 16.0. The number of nitrogens with one attached hydrogen (secondary N) is 2. The molecule has 1 saturated carbocycles. The highest BCUT2D eigenvalue weighted by Crippen LogP contribution is 2.31. The fraction of sp³-hybridized carbons (Fsp3) is 0.261. The van der Waals surface area contributed by atoms with E-state index in [0.29, 0.717) is 17.1 Å². The molecular formula is C23H22N4O2. The fourth-order valence-corrected chi connectivity index (χ4v) is 3.86. The van der Waals surface area contributed by atoms with Crippen molar-refractivity contribution in [3.05, 3.63) is 71.5 Å². The number of carbonyl (C=O) groups excluding carboxylic acids is 2. The quantitative estimate of drug-likeness (QED) is 0.697. The molecule has 2 N–H and O–H groups in total. The molecule has 6 nitrogen and oxygen atoms in total. The SMILES string of the molecule is O=C(Nc1cccc(NC(=O)C2CC2)c1)c1nn(-c2ccccc2)c2c1CCC2. The van der Waals surface area contributed by atoms with Gasteiger partial charge in [-0.05, 0) is 62.4 Å². The molecular weight excluding hydrogens is 364 g/mol. The topological polar surface area (TPSA) is 76.0 Å². The average Bonchev–Trinajstić information content (AvgIpc) is 3.37. The lowest BCUT2D eigenvalue weighted by Gasteiger charge is -2.08. The van der Waals surface area contributed by atoms with E-state index in [1.54, 1.807) is 6.07 Å². The van der Waals surface area contributed by atoms with Crippen molar-refractivity contribution < 1.29 is 9.59 Å². The second kappa shape index (κ2) is 7.20. The van der Waals surface area contributed by atoms with Crippen LogP contribution in [0.25, 0.3) is 5.69 Å². The van der Waals surface area contributed by atoms with Gasteiger partial charge in [-0.3, -0.25) is 9.59 Å². The van der Waals surface area contributed by atoms with Gasteiger partial charge in [-0.25, -0.2) is 4.68 Å². The molecule has 0 aliphatic heterocycles. The lowest BCUT2D eigenvalue weighted by atomic mass is 10.2. The first-order valence-corrected chi connectivity index (χ1v) is 10.1. The van der Waals surface area contributed by atoms with E-state index in [-0.39, 0.29) is 17.7 Å². The third-order valence-corrected chi connectivity index (χ3v) is 5.48. The normalized spacial score (nSPS) is 15.0. The monoisotopic (exact) mass is 386 g/mol. The summed E-state index contributed by atoms with van der Waals surface area (Å²) in [6.07, 6.45) is 4.73. The van der Waals surface area contributed by atoms with E-state index < -0.39 is 0 Å². The van der Waals surface area contributed by atoms with E-state index in [4.69, 9.17) is 0 Å². The van der Waals surface area contributed by atoms with Gasteiger partial charge in [0.15, 0.2) is 5.69 Å². The number of carbonyl (C=O) groups is 2. The first kappa shape index (κ1) is 17.7. The highest BCUT2D eigenvalue weighted by Gasteiger charge is 2.30. The summed E-state index contributed by atoms with van der Waals surface area (Å²) < 4.78 is 1.89. The van der Waals surface area contributed by atoms with Crippen LogP contribution in [0.3, 0.4) is 0 Å². The first-order chi connectivity index (χ1) is 14.2. The van der Waals surface area contributed by atoms with Crippen LogP contribution in [-0.4, -0.2) is 21.6 Å². The van der Waals surface area contributed by atoms with Gasteiger partial charge in [0, 0.05) is 28.6 Å².